The van der Waals surface area contributed by atoms with E-state index in [9.17, 15) is 4.79 Å². The van der Waals surface area contributed by atoms with E-state index < -0.39 is 0 Å². The molecule has 1 aliphatic carbocycles. The zero-order valence-corrected chi connectivity index (χ0v) is 13.1. The van der Waals surface area contributed by atoms with E-state index in [4.69, 9.17) is 0 Å². The molecule has 1 amide bonds. The van der Waals surface area contributed by atoms with Gasteiger partial charge in [-0.3, -0.25) is 4.79 Å². The van der Waals surface area contributed by atoms with Crippen LogP contribution in [0.5, 0.6) is 0 Å². The minimum atomic E-state index is -0.178. The van der Waals surface area contributed by atoms with Crippen LogP contribution < -0.4 is 10.6 Å². The van der Waals surface area contributed by atoms with Crippen molar-refractivity contribution in [3.05, 3.63) is 35.4 Å². The van der Waals surface area contributed by atoms with Crippen LogP contribution in [0.4, 0.5) is 0 Å². The molecule has 1 aromatic carbocycles. The highest BCUT2D eigenvalue weighted by atomic mass is 16.2. The van der Waals surface area contributed by atoms with Crippen LogP contribution in [0.15, 0.2) is 24.3 Å². The van der Waals surface area contributed by atoms with Gasteiger partial charge >= 0.3 is 0 Å². The Morgan fingerprint density at radius 3 is 2.62 bits per heavy atom. The monoisotopic (exact) mass is 286 g/mol. The molecule has 0 radical (unpaired) electrons. The summed E-state index contributed by atoms with van der Waals surface area (Å²) in [5.74, 6) is 1.57. The van der Waals surface area contributed by atoms with Gasteiger partial charge in [0.1, 0.15) is 6.04 Å². The maximum atomic E-state index is 12.7. The molecule has 0 spiro atoms. The number of hydrogen-bond acceptors (Lipinski definition) is 2. The minimum absolute atomic E-state index is 0.147. The molecule has 0 bridgehead atoms. The number of rotatable bonds is 2. The standard InChI is InChI=1S/C18H26N2O/c1-12-9-13(2)11-15(10-12)20-18(21)17-16-6-4-3-5-14(16)7-8-19-17/h3-6,12-13,15,17,19H,7-11H2,1-2H3,(H,20,21). The highest BCUT2D eigenvalue weighted by molar-refractivity contribution is 5.84. The van der Waals surface area contributed by atoms with E-state index in [1.54, 1.807) is 0 Å². The van der Waals surface area contributed by atoms with Crippen molar-refractivity contribution >= 4 is 5.91 Å². The summed E-state index contributed by atoms with van der Waals surface area (Å²) < 4.78 is 0. The van der Waals surface area contributed by atoms with Crippen molar-refractivity contribution in [1.29, 1.82) is 0 Å². The lowest BCUT2D eigenvalue weighted by atomic mass is 9.80. The van der Waals surface area contributed by atoms with Gasteiger partial charge in [-0.15, -0.1) is 0 Å². The van der Waals surface area contributed by atoms with Gasteiger partial charge in [-0.05, 0) is 48.6 Å². The Labute approximate surface area is 127 Å². The summed E-state index contributed by atoms with van der Waals surface area (Å²) in [7, 11) is 0. The summed E-state index contributed by atoms with van der Waals surface area (Å²) in [4.78, 5) is 12.7. The van der Waals surface area contributed by atoms with E-state index >= 15 is 0 Å². The fraction of sp³-hybridized carbons (Fsp3) is 0.611. The molecule has 1 aliphatic heterocycles. The van der Waals surface area contributed by atoms with E-state index in [2.05, 4.69) is 42.7 Å². The fourth-order valence-corrected chi connectivity index (χ4v) is 4.09. The number of hydrogen-bond donors (Lipinski definition) is 2. The number of fused-ring (bicyclic) bond motifs is 1. The Balaban J connectivity index is 1.69. The highest BCUT2D eigenvalue weighted by Crippen LogP contribution is 2.29. The normalized spacial score (nSPS) is 32.3. The van der Waals surface area contributed by atoms with E-state index in [-0.39, 0.29) is 11.9 Å². The lowest BCUT2D eigenvalue weighted by molar-refractivity contribution is -0.124. The van der Waals surface area contributed by atoms with Gasteiger partial charge in [0.05, 0.1) is 0 Å². The van der Waals surface area contributed by atoms with E-state index in [0.29, 0.717) is 17.9 Å². The Bertz CT molecular complexity index is 504. The topological polar surface area (TPSA) is 41.1 Å². The summed E-state index contributed by atoms with van der Waals surface area (Å²) in [6.07, 6.45) is 4.53. The van der Waals surface area contributed by atoms with Gasteiger partial charge in [0.25, 0.3) is 0 Å². The molecule has 1 fully saturated rings. The van der Waals surface area contributed by atoms with Crippen molar-refractivity contribution in [3.63, 3.8) is 0 Å². The first kappa shape index (κ1) is 14.6. The zero-order chi connectivity index (χ0) is 14.8. The van der Waals surface area contributed by atoms with Crippen LogP contribution >= 0.6 is 0 Å². The Hall–Kier alpha value is -1.35. The van der Waals surface area contributed by atoms with Gasteiger partial charge in [0, 0.05) is 12.6 Å². The maximum absolute atomic E-state index is 12.7. The minimum Gasteiger partial charge on any atom is -0.352 e. The largest absolute Gasteiger partial charge is 0.352 e. The van der Waals surface area contributed by atoms with Gasteiger partial charge < -0.3 is 10.6 Å². The second kappa shape index (κ2) is 6.18. The molecule has 21 heavy (non-hydrogen) atoms. The van der Waals surface area contributed by atoms with Crippen LogP contribution in [0.3, 0.4) is 0 Å². The van der Waals surface area contributed by atoms with Crippen molar-refractivity contribution in [2.75, 3.05) is 6.54 Å². The molecule has 0 aromatic heterocycles. The molecule has 114 valence electrons. The molecule has 2 aliphatic rings. The number of amides is 1. The Morgan fingerprint density at radius 1 is 1.14 bits per heavy atom. The van der Waals surface area contributed by atoms with Crippen LogP contribution in [0.2, 0.25) is 0 Å². The van der Waals surface area contributed by atoms with Crippen molar-refractivity contribution < 1.29 is 4.79 Å². The molecule has 0 saturated heterocycles. The van der Waals surface area contributed by atoms with Gasteiger partial charge in [0.2, 0.25) is 5.91 Å². The fourth-order valence-electron chi connectivity index (χ4n) is 4.09. The Morgan fingerprint density at radius 2 is 1.86 bits per heavy atom. The van der Waals surface area contributed by atoms with Gasteiger partial charge in [0.15, 0.2) is 0 Å². The van der Waals surface area contributed by atoms with Crippen molar-refractivity contribution in [1.82, 2.24) is 10.6 Å². The van der Waals surface area contributed by atoms with Crippen LogP contribution in [-0.4, -0.2) is 18.5 Å². The summed E-state index contributed by atoms with van der Waals surface area (Å²) in [6, 6.07) is 8.47. The second-order valence-corrected chi connectivity index (χ2v) is 6.96. The molecule has 3 heteroatoms. The number of nitrogens with one attached hydrogen (secondary N) is 2. The molecule has 3 rings (SSSR count). The van der Waals surface area contributed by atoms with E-state index in [1.165, 1.54) is 12.0 Å². The smallest absolute Gasteiger partial charge is 0.241 e. The molecule has 3 unspecified atom stereocenters. The van der Waals surface area contributed by atoms with Crippen LogP contribution in [0, 0.1) is 11.8 Å². The lowest BCUT2D eigenvalue weighted by Gasteiger charge is -2.34. The highest BCUT2D eigenvalue weighted by Gasteiger charge is 2.30. The average Bonchev–Trinajstić information content (AvgIpc) is 2.45. The number of carbonyl (C=O) groups excluding carboxylic acids is 1. The third-order valence-electron chi connectivity index (χ3n) is 4.90. The quantitative estimate of drug-likeness (QED) is 0.878. The first-order valence-corrected chi connectivity index (χ1v) is 8.25. The number of carbonyl (C=O) groups is 1. The van der Waals surface area contributed by atoms with E-state index in [0.717, 1.165) is 31.4 Å². The van der Waals surface area contributed by atoms with E-state index in [1.807, 2.05) is 6.07 Å². The van der Waals surface area contributed by atoms with Crippen molar-refractivity contribution in [2.24, 2.45) is 11.8 Å². The first-order chi connectivity index (χ1) is 10.1. The van der Waals surface area contributed by atoms with Gasteiger partial charge in [-0.25, -0.2) is 0 Å². The van der Waals surface area contributed by atoms with Crippen LogP contribution in [0.25, 0.3) is 0 Å². The molecule has 3 atom stereocenters. The third kappa shape index (κ3) is 3.29. The second-order valence-electron chi connectivity index (χ2n) is 6.96. The van der Waals surface area contributed by atoms with Crippen molar-refractivity contribution in [2.45, 2.75) is 51.6 Å². The maximum Gasteiger partial charge on any atom is 0.241 e. The van der Waals surface area contributed by atoms with Crippen molar-refractivity contribution in [3.8, 4) is 0 Å². The Kier molecular flexibility index (Phi) is 4.29. The summed E-state index contributed by atoms with van der Waals surface area (Å²) in [5.41, 5.74) is 2.46. The molecular weight excluding hydrogens is 260 g/mol. The molecule has 1 saturated carbocycles. The molecule has 3 nitrogen and oxygen atoms in total. The summed E-state index contributed by atoms with van der Waals surface area (Å²) in [6.45, 7) is 5.47. The molecule has 2 N–H and O–H groups in total. The van der Waals surface area contributed by atoms with Crippen LogP contribution in [0.1, 0.15) is 50.3 Å². The summed E-state index contributed by atoms with van der Waals surface area (Å²) >= 11 is 0. The lowest BCUT2D eigenvalue weighted by Crippen LogP contribution is -2.47. The number of benzene rings is 1. The first-order valence-electron chi connectivity index (χ1n) is 8.25. The van der Waals surface area contributed by atoms with Gasteiger partial charge in [-0.1, -0.05) is 38.1 Å². The zero-order valence-electron chi connectivity index (χ0n) is 13.1. The SMILES string of the molecule is CC1CC(C)CC(NC(=O)C2NCCc3ccccc32)C1. The van der Waals surface area contributed by atoms with Crippen LogP contribution in [-0.2, 0) is 11.2 Å². The van der Waals surface area contributed by atoms with Gasteiger partial charge in [-0.2, -0.15) is 0 Å². The molecule has 1 heterocycles. The molecule has 1 aromatic rings. The molecular formula is C18H26N2O. The average molecular weight is 286 g/mol. The predicted octanol–water partition coefficient (Wildman–Crippen LogP) is 2.81. The third-order valence-corrected chi connectivity index (χ3v) is 4.90. The predicted molar refractivity (Wildman–Crippen MR) is 85.0 cm³/mol. The summed E-state index contributed by atoms with van der Waals surface area (Å²) in [5, 5.41) is 6.66.